The number of anilines is 1. The molecule has 0 amide bonds. The molecule has 0 radical (unpaired) electrons. The molecule has 6 rings (SSSR count). The van der Waals surface area contributed by atoms with E-state index in [1.165, 1.54) is 42.3 Å². The van der Waals surface area contributed by atoms with E-state index in [2.05, 4.69) is 59.9 Å². The summed E-state index contributed by atoms with van der Waals surface area (Å²) in [6.07, 6.45) is 5.53. The first-order valence-corrected chi connectivity index (χ1v) is 9.84. The van der Waals surface area contributed by atoms with Gasteiger partial charge in [0.15, 0.2) is 5.58 Å². The molecule has 1 atom stereocenters. The maximum absolute atomic E-state index is 6.36. The summed E-state index contributed by atoms with van der Waals surface area (Å²) in [6.45, 7) is 6.58. The standard InChI is InChI=1S/C22H27N3O/c1-13-5-11-18-19-12-6-14(2)23-22(19)26-21(18)20(13)25-15(3)24(4)16-7-9-17(25)10-8-16/h5-6,11-12,15-17H,7-10H2,1-4H3. The van der Waals surface area contributed by atoms with Crippen molar-refractivity contribution in [3.8, 4) is 0 Å². The fraction of sp³-hybridized carbons (Fsp3) is 0.500. The van der Waals surface area contributed by atoms with Crippen LogP contribution in [0.2, 0.25) is 0 Å². The lowest BCUT2D eigenvalue weighted by atomic mass is 9.91. The Kier molecular flexibility index (Phi) is 3.54. The van der Waals surface area contributed by atoms with E-state index in [1.807, 2.05) is 6.92 Å². The Morgan fingerprint density at radius 2 is 1.65 bits per heavy atom. The molecule has 3 aliphatic rings. The van der Waals surface area contributed by atoms with Crippen LogP contribution in [0.15, 0.2) is 28.7 Å². The normalized spacial score (nSPS) is 26.8. The Morgan fingerprint density at radius 1 is 0.962 bits per heavy atom. The Morgan fingerprint density at radius 3 is 2.42 bits per heavy atom. The molecule has 26 heavy (non-hydrogen) atoms. The number of furan rings is 1. The lowest BCUT2D eigenvalue weighted by Crippen LogP contribution is -2.47. The quantitative estimate of drug-likeness (QED) is 0.618. The minimum Gasteiger partial charge on any atom is -0.436 e. The van der Waals surface area contributed by atoms with Gasteiger partial charge in [0, 0.05) is 28.6 Å². The predicted molar refractivity (Wildman–Crippen MR) is 107 cm³/mol. The number of benzene rings is 1. The minimum atomic E-state index is 0.377. The van der Waals surface area contributed by atoms with Crippen LogP contribution in [0.1, 0.15) is 43.9 Å². The lowest BCUT2D eigenvalue weighted by Gasteiger charge is -2.39. The van der Waals surface area contributed by atoms with Crippen molar-refractivity contribution in [2.75, 3.05) is 11.9 Å². The molecule has 2 saturated heterocycles. The molecule has 1 saturated carbocycles. The van der Waals surface area contributed by atoms with E-state index in [1.54, 1.807) is 0 Å². The molecule has 2 bridgehead atoms. The predicted octanol–water partition coefficient (Wildman–Crippen LogP) is 5.01. The molecule has 4 nitrogen and oxygen atoms in total. The Hall–Kier alpha value is -2.07. The van der Waals surface area contributed by atoms with Gasteiger partial charge in [0.2, 0.25) is 5.71 Å². The van der Waals surface area contributed by atoms with E-state index in [0.29, 0.717) is 18.2 Å². The zero-order valence-corrected chi connectivity index (χ0v) is 16.1. The van der Waals surface area contributed by atoms with Gasteiger partial charge in [-0.15, -0.1) is 0 Å². The smallest absolute Gasteiger partial charge is 0.227 e. The van der Waals surface area contributed by atoms with Crippen LogP contribution in [-0.2, 0) is 0 Å². The van der Waals surface area contributed by atoms with Gasteiger partial charge >= 0.3 is 0 Å². The largest absolute Gasteiger partial charge is 0.436 e. The van der Waals surface area contributed by atoms with Crippen LogP contribution in [0.5, 0.6) is 0 Å². The number of hydrogen-bond acceptors (Lipinski definition) is 4. The van der Waals surface area contributed by atoms with Crippen LogP contribution in [0.3, 0.4) is 0 Å². The molecule has 1 unspecified atom stereocenters. The number of hydrogen-bond donors (Lipinski definition) is 0. The van der Waals surface area contributed by atoms with Gasteiger partial charge in [0.25, 0.3) is 0 Å². The van der Waals surface area contributed by atoms with Crippen LogP contribution >= 0.6 is 0 Å². The third-order valence-corrected chi connectivity index (χ3v) is 6.71. The van der Waals surface area contributed by atoms with Crippen molar-refractivity contribution < 1.29 is 4.42 Å². The first kappa shape index (κ1) is 16.1. The minimum absolute atomic E-state index is 0.377. The van der Waals surface area contributed by atoms with Gasteiger partial charge in [0.1, 0.15) is 0 Å². The second-order valence-electron chi connectivity index (χ2n) is 8.18. The van der Waals surface area contributed by atoms with E-state index in [4.69, 9.17) is 4.42 Å². The Bertz CT molecular complexity index is 984. The van der Waals surface area contributed by atoms with Gasteiger partial charge < -0.3 is 9.32 Å². The molecule has 4 heteroatoms. The SMILES string of the molecule is Cc1ccc2c(n1)oc1c(N3C4CCC(CC4)N(C)C3C)c(C)ccc12. The molecule has 1 aliphatic carbocycles. The highest BCUT2D eigenvalue weighted by molar-refractivity contribution is 6.08. The van der Waals surface area contributed by atoms with Gasteiger partial charge in [-0.3, -0.25) is 4.90 Å². The molecule has 136 valence electrons. The van der Waals surface area contributed by atoms with Gasteiger partial charge in [-0.05, 0) is 71.2 Å². The highest BCUT2D eigenvalue weighted by Crippen LogP contribution is 2.43. The molecule has 3 aromatic rings. The fourth-order valence-electron chi connectivity index (χ4n) is 5.14. The highest BCUT2D eigenvalue weighted by atomic mass is 16.3. The molecule has 0 N–H and O–H groups in total. The van der Waals surface area contributed by atoms with Crippen molar-refractivity contribution in [1.29, 1.82) is 0 Å². The monoisotopic (exact) mass is 349 g/mol. The summed E-state index contributed by atoms with van der Waals surface area (Å²) >= 11 is 0. The molecule has 1 aromatic carbocycles. The van der Waals surface area contributed by atoms with Crippen LogP contribution in [0.25, 0.3) is 22.1 Å². The van der Waals surface area contributed by atoms with Crippen molar-refractivity contribution in [3.05, 3.63) is 35.5 Å². The van der Waals surface area contributed by atoms with Gasteiger partial charge in [-0.2, -0.15) is 0 Å². The number of aromatic nitrogens is 1. The van der Waals surface area contributed by atoms with E-state index < -0.39 is 0 Å². The zero-order chi connectivity index (χ0) is 18.0. The summed E-state index contributed by atoms with van der Waals surface area (Å²) in [5.41, 5.74) is 5.32. The van der Waals surface area contributed by atoms with Crippen molar-refractivity contribution in [2.24, 2.45) is 0 Å². The molecular formula is C22H27N3O. The zero-order valence-electron chi connectivity index (χ0n) is 16.1. The van der Waals surface area contributed by atoms with Crippen molar-refractivity contribution >= 4 is 27.8 Å². The van der Waals surface area contributed by atoms with Gasteiger partial charge in [-0.25, -0.2) is 4.98 Å². The summed E-state index contributed by atoms with van der Waals surface area (Å²) < 4.78 is 6.36. The van der Waals surface area contributed by atoms with Crippen LogP contribution in [0.4, 0.5) is 5.69 Å². The lowest BCUT2D eigenvalue weighted by molar-refractivity contribution is 0.184. The summed E-state index contributed by atoms with van der Waals surface area (Å²) in [7, 11) is 2.29. The van der Waals surface area contributed by atoms with Crippen LogP contribution in [-0.4, -0.2) is 35.2 Å². The summed E-state index contributed by atoms with van der Waals surface area (Å²) in [6, 6.07) is 9.97. The molecule has 3 fully saturated rings. The van der Waals surface area contributed by atoms with Crippen molar-refractivity contribution in [2.45, 2.75) is 64.7 Å². The summed E-state index contributed by atoms with van der Waals surface area (Å²) in [5, 5.41) is 2.30. The van der Waals surface area contributed by atoms with Gasteiger partial charge in [0.05, 0.1) is 11.9 Å². The Labute approximate surface area is 154 Å². The summed E-state index contributed by atoms with van der Waals surface area (Å²) in [4.78, 5) is 9.84. The number of fused-ring (bicyclic) bond motifs is 7. The van der Waals surface area contributed by atoms with Crippen LogP contribution in [0, 0.1) is 13.8 Å². The number of nitrogens with zero attached hydrogens (tertiary/aromatic N) is 3. The third-order valence-electron chi connectivity index (χ3n) is 6.71. The third kappa shape index (κ3) is 2.21. The molecular weight excluding hydrogens is 322 g/mol. The molecule has 4 heterocycles. The van der Waals surface area contributed by atoms with E-state index in [9.17, 15) is 0 Å². The molecule has 0 spiro atoms. The first-order valence-electron chi connectivity index (χ1n) is 9.84. The van der Waals surface area contributed by atoms with Crippen LogP contribution < -0.4 is 4.90 Å². The highest BCUT2D eigenvalue weighted by Gasteiger charge is 2.39. The maximum Gasteiger partial charge on any atom is 0.227 e. The van der Waals surface area contributed by atoms with Crippen molar-refractivity contribution in [3.63, 3.8) is 0 Å². The van der Waals surface area contributed by atoms with E-state index in [0.717, 1.165) is 22.4 Å². The van der Waals surface area contributed by atoms with Crippen molar-refractivity contribution in [1.82, 2.24) is 9.88 Å². The Balaban J connectivity index is 1.77. The number of aryl methyl sites for hydroxylation is 2. The molecule has 2 aromatic heterocycles. The summed E-state index contributed by atoms with van der Waals surface area (Å²) in [5.74, 6) is 0. The average molecular weight is 349 g/mol. The second kappa shape index (κ2) is 5.71. The van der Waals surface area contributed by atoms with Gasteiger partial charge in [-0.1, -0.05) is 12.1 Å². The topological polar surface area (TPSA) is 32.5 Å². The molecule has 2 aliphatic heterocycles. The number of rotatable bonds is 1. The average Bonchev–Trinajstić information content (AvgIpc) is 2.90. The second-order valence-corrected chi connectivity index (χ2v) is 8.18. The number of pyridine rings is 1. The maximum atomic E-state index is 6.36. The van der Waals surface area contributed by atoms with E-state index in [-0.39, 0.29) is 0 Å². The first-order chi connectivity index (χ1) is 12.5. The van der Waals surface area contributed by atoms with E-state index >= 15 is 0 Å². The fourth-order valence-corrected chi connectivity index (χ4v) is 5.14.